The fraction of sp³-hybridized carbons (Fsp3) is 0.250. The van der Waals surface area contributed by atoms with E-state index in [1.807, 2.05) is 36.5 Å². The summed E-state index contributed by atoms with van der Waals surface area (Å²) in [5, 5.41) is 0. The molecule has 1 fully saturated rings. The van der Waals surface area contributed by atoms with Gasteiger partial charge in [-0.1, -0.05) is 30.3 Å². The van der Waals surface area contributed by atoms with Crippen molar-refractivity contribution in [1.29, 1.82) is 0 Å². The summed E-state index contributed by atoms with van der Waals surface area (Å²) >= 11 is 0. The first-order valence-electron chi connectivity index (χ1n) is 8.60. The van der Waals surface area contributed by atoms with Crippen LogP contribution in [0.2, 0.25) is 0 Å². The average Bonchev–Trinajstić information content (AvgIpc) is 3.03. The highest BCUT2D eigenvalue weighted by atomic mass is 19.1. The molecule has 1 aromatic carbocycles. The van der Waals surface area contributed by atoms with Crippen molar-refractivity contribution in [2.45, 2.75) is 18.8 Å². The van der Waals surface area contributed by atoms with Gasteiger partial charge in [0, 0.05) is 48.7 Å². The van der Waals surface area contributed by atoms with Crippen molar-refractivity contribution < 1.29 is 9.13 Å². The minimum atomic E-state index is -0.353. The SMILES string of the molecule is Fc1cnccc1CN1CC2(C1)OCc1nc(-c3ccccc3)ncc12. The zero-order chi connectivity index (χ0) is 17.6. The van der Waals surface area contributed by atoms with Crippen LogP contribution in [0, 0.1) is 5.82 Å². The Balaban J connectivity index is 1.34. The number of aromatic nitrogens is 3. The fourth-order valence-electron chi connectivity index (χ4n) is 3.74. The van der Waals surface area contributed by atoms with Crippen molar-refractivity contribution in [2.24, 2.45) is 0 Å². The first-order valence-corrected chi connectivity index (χ1v) is 8.60. The van der Waals surface area contributed by atoms with E-state index in [2.05, 4.69) is 14.9 Å². The average molecular weight is 348 g/mol. The van der Waals surface area contributed by atoms with Crippen LogP contribution in [0.5, 0.6) is 0 Å². The third-order valence-electron chi connectivity index (χ3n) is 5.08. The van der Waals surface area contributed by atoms with Crippen molar-refractivity contribution >= 4 is 0 Å². The lowest BCUT2D eigenvalue weighted by atomic mass is 9.87. The highest BCUT2D eigenvalue weighted by Gasteiger charge is 2.50. The van der Waals surface area contributed by atoms with Crippen LogP contribution in [0.3, 0.4) is 0 Å². The van der Waals surface area contributed by atoms with Gasteiger partial charge in [0.1, 0.15) is 11.4 Å². The molecular weight excluding hydrogens is 331 g/mol. The van der Waals surface area contributed by atoms with E-state index >= 15 is 0 Å². The maximum atomic E-state index is 13.8. The lowest BCUT2D eigenvalue weighted by molar-refractivity contribution is -0.145. The summed E-state index contributed by atoms with van der Waals surface area (Å²) in [6.45, 7) is 2.48. The van der Waals surface area contributed by atoms with E-state index in [9.17, 15) is 4.39 Å². The number of likely N-dealkylation sites (tertiary alicyclic amines) is 1. The van der Waals surface area contributed by atoms with Crippen LogP contribution >= 0.6 is 0 Å². The molecule has 0 atom stereocenters. The van der Waals surface area contributed by atoms with E-state index in [0.29, 0.717) is 18.7 Å². The number of nitrogens with zero attached hydrogens (tertiary/aromatic N) is 4. The monoisotopic (exact) mass is 348 g/mol. The highest BCUT2D eigenvalue weighted by molar-refractivity contribution is 5.55. The molecule has 1 spiro atoms. The van der Waals surface area contributed by atoms with Gasteiger partial charge in [0.05, 0.1) is 18.5 Å². The summed E-state index contributed by atoms with van der Waals surface area (Å²) in [4.78, 5) is 15.2. The third-order valence-corrected chi connectivity index (χ3v) is 5.08. The number of fused-ring (bicyclic) bond motifs is 2. The van der Waals surface area contributed by atoms with Crippen molar-refractivity contribution in [3.63, 3.8) is 0 Å². The molecule has 2 aromatic heterocycles. The first kappa shape index (κ1) is 15.5. The van der Waals surface area contributed by atoms with Gasteiger partial charge < -0.3 is 4.74 Å². The molecule has 0 N–H and O–H groups in total. The van der Waals surface area contributed by atoms with Crippen LogP contribution in [0.15, 0.2) is 55.0 Å². The second kappa shape index (κ2) is 5.93. The number of pyridine rings is 1. The predicted octanol–water partition coefficient (Wildman–Crippen LogP) is 2.92. The minimum Gasteiger partial charge on any atom is -0.361 e. The minimum absolute atomic E-state index is 0.267. The molecule has 5 rings (SSSR count). The van der Waals surface area contributed by atoms with Crippen LogP contribution < -0.4 is 0 Å². The number of hydrogen-bond donors (Lipinski definition) is 0. The smallest absolute Gasteiger partial charge is 0.159 e. The molecule has 0 unspecified atom stereocenters. The Kier molecular flexibility index (Phi) is 3.55. The van der Waals surface area contributed by atoms with Gasteiger partial charge in [0.25, 0.3) is 0 Å². The molecule has 2 aliphatic heterocycles. The Morgan fingerprint density at radius 1 is 1.12 bits per heavy atom. The van der Waals surface area contributed by atoms with E-state index < -0.39 is 0 Å². The van der Waals surface area contributed by atoms with Crippen LogP contribution in [0.1, 0.15) is 16.8 Å². The molecule has 26 heavy (non-hydrogen) atoms. The molecule has 3 aromatic rings. The number of ether oxygens (including phenoxy) is 1. The van der Waals surface area contributed by atoms with Crippen molar-refractivity contribution in [2.75, 3.05) is 13.1 Å². The number of rotatable bonds is 3. The van der Waals surface area contributed by atoms with Gasteiger partial charge in [-0.2, -0.15) is 0 Å². The molecule has 4 heterocycles. The second-order valence-electron chi connectivity index (χ2n) is 6.82. The third kappa shape index (κ3) is 2.50. The standard InChI is InChI=1S/C20H17FN4O/c21-17-9-22-7-6-15(17)10-25-12-20(13-25)16-8-23-19(24-18(16)11-26-20)14-4-2-1-3-5-14/h1-9H,10-13H2. The van der Waals surface area contributed by atoms with E-state index in [1.165, 1.54) is 6.20 Å². The molecule has 130 valence electrons. The molecular formula is C20H17FN4O. The summed E-state index contributed by atoms with van der Waals surface area (Å²) in [6, 6.07) is 11.7. The maximum absolute atomic E-state index is 13.8. The Morgan fingerprint density at radius 2 is 1.96 bits per heavy atom. The normalized spacial score (nSPS) is 17.9. The van der Waals surface area contributed by atoms with Crippen LogP contribution in [-0.2, 0) is 23.5 Å². The summed E-state index contributed by atoms with van der Waals surface area (Å²) < 4.78 is 19.9. The summed E-state index contributed by atoms with van der Waals surface area (Å²) in [6.07, 6.45) is 4.77. The summed E-state index contributed by atoms with van der Waals surface area (Å²) in [7, 11) is 0. The topological polar surface area (TPSA) is 51.1 Å². The van der Waals surface area contributed by atoms with Gasteiger partial charge in [0.15, 0.2) is 5.82 Å². The lowest BCUT2D eigenvalue weighted by Gasteiger charge is -2.47. The Bertz CT molecular complexity index is 957. The number of hydrogen-bond acceptors (Lipinski definition) is 5. The van der Waals surface area contributed by atoms with E-state index in [-0.39, 0.29) is 11.4 Å². The van der Waals surface area contributed by atoms with Gasteiger partial charge >= 0.3 is 0 Å². The number of benzene rings is 1. The Labute approximate surface area is 150 Å². The summed E-state index contributed by atoms with van der Waals surface area (Å²) in [5.41, 5.74) is 3.31. The lowest BCUT2D eigenvalue weighted by Crippen LogP contribution is -2.58. The van der Waals surface area contributed by atoms with Gasteiger partial charge in [0.2, 0.25) is 0 Å². The van der Waals surface area contributed by atoms with Crippen molar-refractivity contribution in [3.8, 4) is 11.4 Å². The zero-order valence-electron chi connectivity index (χ0n) is 14.1. The molecule has 0 amide bonds. The Hall–Kier alpha value is -2.70. The number of halogens is 1. The van der Waals surface area contributed by atoms with E-state index in [4.69, 9.17) is 9.72 Å². The molecule has 0 saturated carbocycles. The molecule has 5 nitrogen and oxygen atoms in total. The molecule has 0 radical (unpaired) electrons. The first-order chi connectivity index (χ1) is 12.7. The van der Waals surface area contributed by atoms with Crippen molar-refractivity contribution in [3.05, 3.63) is 77.6 Å². The predicted molar refractivity (Wildman–Crippen MR) is 93.4 cm³/mol. The molecule has 0 aliphatic carbocycles. The van der Waals surface area contributed by atoms with Gasteiger partial charge in [-0.15, -0.1) is 0 Å². The van der Waals surface area contributed by atoms with Crippen LogP contribution in [0.25, 0.3) is 11.4 Å². The largest absolute Gasteiger partial charge is 0.361 e. The quantitative estimate of drug-likeness (QED) is 0.728. The maximum Gasteiger partial charge on any atom is 0.159 e. The molecule has 6 heteroatoms. The van der Waals surface area contributed by atoms with Gasteiger partial charge in [-0.25, -0.2) is 14.4 Å². The second-order valence-corrected chi connectivity index (χ2v) is 6.82. The molecule has 2 aliphatic rings. The zero-order valence-corrected chi connectivity index (χ0v) is 14.1. The van der Waals surface area contributed by atoms with E-state index in [1.54, 1.807) is 12.3 Å². The van der Waals surface area contributed by atoms with E-state index in [0.717, 1.165) is 35.7 Å². The summed E-state index contributed by atoms with van der Waals surface area (Å²) in [5.74, 6) is 0.456. The molecule has 0 bridgehead atoms. The Morgan fingerprint density at radius 3 is 2.77 bits per heavy atom. The van der Waals surface area contributed by atoms with Crippen molar-refractivity contribution in [1.82, 2.24) is 19.9 Å². The van der Waals surface area contributed by atoms with Crippen LogP contribution in [0.4, 0.5) is 4.39 Å². The van der Waals surface area contributed by atoms with Gasteiger partial charge in [-0.3, -0.25) is 9.88 Å². The molecule has 1 saturated heterocycles. The van der Waals surface area contributed by atoms with Crippen LogP contribution in [-0.4, -0.2) is 32.9 Å². The fourth-order valence-corrected chi connectivity index (χ4v) is 3.74. The van der Waals surface area contributed by atoms with Gasteiger partial charge in [-0.05, 0) is 6.07 Å². The highest BCUT2D eigenvalue weighted by Crippen LogP contribution is 2.43.